The number of ketones is 1. The summed E-state index contributed by atoms with van der Waals surface area (Å²) in [7, 11) is 0. The molecule has 1 aliphatic heterocycles. The van der Waals surface area contributed by atoms with Gasteiger partial charge in [-0.15, -0.1) is 0 Å². The summed E-state index contributed by atoms with van der Waals surface area (Å²) in [5.74, 6) is -0.596. The lowest BCUT2D eigenvalue weighted by Crippen LogP contribution is -2.44. The molecule has 1 aromatic rings. The lowest BCUT2D eigenvalue weighted by molar-refractivity contribution is -0.130. The van der Waals surface area contributed by atoms with E-state index in [4.69, 9.17) is 4.42 Å². The summed E-state index contributed by atoms with van der Waals surface area (Å²) >= 11 is 0. The molecule has 1 atom stereocenters. The van der Waals surface area contributed by atoms with Crippen molar-refractivity contribution in [3.63, 3.8) is 0 Å². The molecule has 1 aliphatic rings. The van der Waals surface area contributed by atoms with Gasteiger partial charge >= 0.3 is 6.03 Å². The lowest BCUT2D eigenvalue weighted by Gasteiger charge is -2.20. The molecule has 0 saturated carbocycles. The van der Waals surface area contributed by atoms with E-state index in [2.05, 4.69) is 5.32 Å². The van der Waals surface area contributed by atoms with Crippen molar-refractivity contribution in [3.8, 4) is 0 Å². The van der Waals surface area contributed by atoms with E-state index in [1.807, 2.05) is 6.92 Å². The van der Waals surface area contributed by atoms with Gasteiger partial charge in [-0.25, -0.2) is 4.79 Å². The molecule has 1 unspecified atom stereocenters. The molecule has 0 aliphatic carbocycles. The van der Waals surface area contributed by atoms with Gasteiger partial charge in [-0.3, -0.25) is 14.5 Å². The second-order valence-electron chi connectivity index (χ2n) is 5.16. The number of unbranched alkanes of at least 4 members (excludes halogenated alkanes) is 1. The first-order valence-electron chi connectivity index (χ1n) is 6.69. The Morgan fingerprint density at radius 2 is 2.20 bits per heavy atom. The predicted octanol–water partition coefficient (Wildman–Crippen LogP) is 1.96. The minimum absolute atomic E-state index is 0.146. The van der Waals surface area contributed by atoms with E-state index in [0.29, 0.717) is 6.42 Å². The average molecular weight is 278 g/mol. The lowest BCUT2D eigenvalue weighted by atomic mass is 9.95. The minimum atomic E-state index is -0.906. The molecule has 0 spiro atoms. The topological polar surface area (TPSA) is 79.6 Å². The number of hydrogen-bond donors (Lipinski definition) is 1. The van der Waals surface area contributed by atoms with Gasteiger partial charge in [-0.1, -0.05) is 19.8 Å². The summed E-state index contributed by atoms with van der Waals surface area (Å²) in [5.41, 5.74) is -0.906. The van der Waals surface area contributed by atoms with Crippen molar-refractivity contribution >= 4 is 17.7 Å². The van der Waals surface area contributed by atoms with Crippen molar-refractivity contribution in [2.45, 2.75) is 38.6 Å². The molecule has 1 saturated heterocycles. The maximum Gasteiger partial charge on any atom is 0.325 e. The smallest absolute Gasteiger partial charge is 0.325 e. The molecule has 1 aromatic heterocycles. The largest absolute Gasteiger partial charge is 0.461 e. The van der Waals surface area contributed by atoms with Crippen LogP contribution in [0.25, 0.3) is 0 Å². The molecule has 0 radical (unpaired) electrons. The Balaban J connectivity index is 2.07. The number of imide groups is 1. The van der Waals surface area contributed by atoms with Crippen LogP contribution in [0.4, 0.5) is 4.79 Å². The zero-order valence-electron chi connectivity index (χ0n) is 11.6. The SMILES string of the molecule is CCCCC1(C)NC(=O)N(CC(=O)c2ccco2)C1=O. The first-order valence-corrected chi connectivity index (χ1v) is 6.69. The molecule has 6 nitrogen and oxygen atoms in total. The van der Waals surface area contributed by atoms with E-state index < -0.39 is 17.4 Å². The van der Waals surface area contributed by atoms with Crippen LogP contribution in [0, 0.1) is 0 Å². The quantitative estimate of drug-likeness (QED) is 0.637. The number of carbonyl (C=O) groups is 3. The maximum atomic E-state index is 12.3. The molecule has 0 bridgehead atoms. The fraction of sp³-hybridized carbons (Fsp3) is 0.500. The summed E-state index contributed by atoms with van der Waals surface area (Å²) in [6.45, 7) is 3.42. The molecule has 2 heterocycles. The Hall–Kier alpha value is -2.11. The predicted molar refractivity (Wildman–Crippen MR) is 71.2 cm³/mol. The highest BCUT2D eigenvalue weighted by molar-refractivity contribution is 6.10. The number of carbonyl (C=O) groups excluding carboxylic acids is 3. The van der Waals surface area contributed by atoms with Gasteiger partial charge in [-0.2, -0.15) is 0 Å². The molecule has 3 amide bonds. The fourth-order valence-corrected chi connectivity index (χ4v) is 2.25. The monoisotopic (exact) mass is 278 g/mol. The van der Waals surface area contributed by atoms with Gasteiger partial charge in [0, 0.05) is 0 Å². The molecule has 2 rings (SSSR count). The molecule has 6 heteroatoms. The van der Waals surface area contributed by atoms with E-state index in [9.17, 15) is 14.4 Å². The van der Waals surface area contributed by atoms with E-state index >= 15 is 0 Å². The van der Waals surface area contributed by atoms with Crippen LogP contribution < -0.4 is 5.32 Å². The Morgan fingerprint density at radius 3 is 2.80 bits per heavy atom. The van der Waals surface area contributed by atoms with Crippen molar-refractivity contribution in [3.05, 3.63) is 24.2 Å². The molecule has 1 N–H and O–H groups in total. The first-order chi connectivity index (χ1) is 9.48. The van der Waals surface area contributed by atoms with E-state index in [1.54, 1.807) is 13.0 Å². The van der Waals surface area contributed by atoms with E-state index in [-0.39, 0.29) is 18.2 Å². The first kappa shape index (κ1) is 14.3. The second kappa shape index (κ2) is 5.48. The molecule has 1 fully saturated rings. The van der Waals surface area contributed by atoms with Crippen LogP contribution in [-0.4, -0.2) is 34.7 Å². The van der Waals surface area contributed by atoms with Gasteiger partial charge in [-0.05, 0) is 25.5 Å². The molecular weight excluding hydrogens is 260 g/mol. The van der Waals surface area contributed by atoms with E-state index in [1.165, 1.54) is 12.3 Å². The van der Waals surface area contributed by atoms with Crippen molar-refractivity contribution in [1.29, 1.82) is 0 Å². The van der Waals surface area contributed by atoms with Crippen LogP contribution in [0.2, 0.25) is 0 Å². The van der Waals surface area contributed by atoms with Gasteiger partial charge in [0.1, 0.15) is 5.54 Å². The highest BCUT2D eigenvalue weighted by Crippen LogP contribution is 2.23. The number of Topliss-reactive ketones (excluding diaryl/α,β-unsaturated/α-hetero) is 1. The second-order valence-corrected chi connectivity index (χ2v) is 5.16. The zero-order valence-corrected chi connectivity index (χ0v) is 11.6. The number of rotatable bonds is 6. The number of hydrogen-bond acceptors (Lipinski definition) is 4. The van der Waals surface area contributed by atoms with Crippen molar-refractivity contribution in [1.82, 2.24) is 10.2 Å². The van der Waals surface area contributed by atoms with Crippen molar-refractivity contribution in [2.75, 3.05) is 6.54 Å². The minimum Gasteiger partial charge on any atom is -0.461 e. The Labute approximate surface area is 117 Å². The van der Waals surface area contributed by atoms with Crippen LogP contribution in [0.15, 0.2) is 22.8 Å². The van der Waals surface area contributed by atoms with Crippen LogP contribution in [-0.2, 0) is 4.79 Å². The third-order valence-electron chi connectivity index (χ3n) is 3.47. The summed E-state index contributed by atoms with van der Waals surface area (Å²) < 4.78 is 4.97. The van der Waals surface area contributed by atoms with Gasteiger partial charge in [0.25, 0.3) is 5.91 Å². The Morgan fingerprint density at radius 1 is 1.45 bits per heavy atom. The third-order valence-corrected chi connectivity index (χ3v) is 3.47. The van der Waals surface area contributed by atoms with Crippen molar-refractivity contribution < 1.29 is 18.8 Å². The summed E-state index contributed by atoms with van der Waals surface area (Å²) in [6, 6.07) is 2.58. The molecule has 0 aromatic carbocycles. The molecule has 108 valence electrons. The third kappa shape index (κ3) is 2.59. The standard InChI is InChI=1S/C14H18N2O4/c1-3-4-7-14(2)12(18)16(13(19)15-14)9-10(17)11-6-5-8-20-11/h5-6,8H,3-4,7,9H2,1-2H3,(H,15,19). The summed E-state index contributed by atoms with van der Waals surface area (Å²) in [4.78, 5) is 37.1. The number of nitrogens with one attached hydrogen (secondary N) is 1. The summed E-state index contributed by atoms with van der Waals surface area (Å²) in [5, 5.41) is 2.67. The molecular formula is C14H18N2O4. The number of amides is 3. The van der Waals surface area contributed by atoms with Gasteiger partial charge in [0.05, 0.1) is 12.8 Å². The normalized spacial score (nSPS) is 22.2. The Kier molecular flexibility index (Phi) is 3.92. The maximum absolute atomic E-state index is 12.3. The zero-order chi connectivity index (χ0) is 14.8. The molecule has 20 heavy (non-hydrogen) atoms. The van der Waals surface area contributed by atoms with Crippen LogP contribution >= 0.6 is 0 Å². The van der Waals surface area contributed by atoms with Gasteiger partial charge in [0.2, 0.25) is 5.78 Å². The van der Waals surface area contributed by atoms with Crippen LogP contribution in [0.3, 0.4) is 0 Å². The van der Waals surface area contributed by atoms with Gasteiger partial charge in [0.15, 0.2) is 5.76 Å². The Bertz CT molecular complexity index is 523. The number of furan rings is 1. The highest BCUT2D eigenvalue weighted by atomic mass is 16.3. The highest BCUT2D eigenvalue weighted by Gasteiger charge is 2.47. The van der Waals surface area contributed by atoms with Crippen molar-refractivity contribution in [2.24, 2.45) is 0 Å². The van der Waals surface area contributed by atoms with Gasteiger partial charge < -0.3 is 9.73 Å². The average Bonchev–Trinajstić information content (AvgIpc) is 3.01. The fourth-order valence-electron chi connectivity index (χ4n) is 2.25. The van der Waals surface area contributed by atoms with E-state index in [0.717, 1.165) is 17.7 Å². The van der Waals surface area contributed by atoms with Crippen LogP contribution in [0.5, 0.6) is 0 Å². The summed E-state index contributed by atoms with van der Waals surface area (Å²) in [6.07, 6.45) is 3.72. The number of nitrogens with zero attached hydrogens (tertiary/aromatic N) is 1. The van der Waals surface area contributed by atoms with Crippen LogP contribution in [0.1, 0.15) is 43.7 Å². The number of urea groups is 1.